The standard InChI is InChI=1S/C18H32N2O24S3/c21-1-3-7(23)8(24)6(20-46-44-42-31)17(36-3)38-12-10(26)13(40-47(32,33)34)18(39-14(12)15(27)28)37-11-4(2-22)35-16(29)5(9(11)25)19-45-43-41-30/h3-14,16-26,29-31H,1-2H2,(H,27,28)(H,32,33,34)/t3?,4?,5?,6?,7-,8+,9+,10-,11-,12+,13?,14?,16+,17-,18+/m0/s1. The van der Waals surface area contributed by atoms with E-state index in [1.807, 2.05) is 0 Å². The van der Waals surface area contributed by atoms with Crippen molar-refractivity contribution in [1.29, 1.82) is 0 Å². The molecule has 0 spiro atoms. The molecule has 47 heavy (non-hydrogen) atoms. The summed E-state index contributed by atoms with van der Waals surface area (Å²) in [6, 6.07) is -3.23. The van der Waals surface area contributed by atoms with Crippen molar-refractivity contribution in [1.82, 2.24) is 9.44 Å². The highest BCUT2D eigenvalue weighted by molar-refractivity contribution is 7.92. The number of carbonyl (C=O) groups is 1. The topological polar surface area (TPSA) is 390 Å². The first kappa shape index (κ1) is 40.7. The van der Waals surface area contributed by atoms with Gasteiger partial charge < -0.3 is 64.5 Å². The maximum atomic E-state index is 12.3. The number of hydrogen-bond donors (Lipinski definition) is 13. The molecule has 26 nitrogen and oxygen atoms in total. The van der Waals surface area contributed by atoms with E-state index in [2.05, 4.69) is 32.4 Å². The second-order valence-corrected chi connectivity index (χ2v) is 11.8. The highest BCUT2D eigenvalue weighted by Crippen LogP contribution is 2.34. The van der Waals surface area contributed by atoms with Crippen molar-refractivity contribution in [3.8, 4) is 0 Å². The van der Waals surface area contributed by atoms with Gasteiger partial charge in [-0.25, -0.2) is 28.9 Å². The number of aliphatic carboxylic acids is 1. The van der Waals surface area contributed by atoms with Crippen molar-refractivity contribution in [2.45, 2.75) is 92.0 Å². The van der Waals surface area contributed by atoms with E-state index in [0.29, 0.717) is 0 Å². The summed E-state index contributed by atoms with van der Waals surface area (Å²) in [7, 11) is -5.53. The number of carboxylic acid groups (broad SMARTS) is 1. The van der Waals surface area contributed by atoms with Crippen LogP contribution < -0.4 is 9.44 Å². The first-order chi connectivity index (χ1) is 22.2. The molecule has 0 aromatic rings. The van der Waals surface area contributed by atoms with Gasteiger partial charge in [-0.1, -0.05) is 10.1 Å². The van der Waals surface area contributed by atoms with Crippen LogP contribution in [0.4, 0.5) is 0 Å². The third kappa shape index (κ3) is 10.4. The fourth-order valence-electron chi connectivity index (χ4n) is 4.72. The summed E-state index contributed by atoms with van der Waals surface area (Å²) in [6.07, 6.45) is -26.5. The summed E-state index contributed by atoms with van der Waals surface area (Å²) >= 11 is 0.219. The van der Waals surface area contributed by atoms with Gasteiger partial charge in [-0.2, -0.15) is 8.42 Å². The molecule has 3 fully saturated rings. The molecule has 0 aromatic heterocycles. The largest absolute Gasteiger partial charge is 0.479 e. The molecule has 13 N–H and O–H groups in total. The molecule has 0 saturated carbocycles. The molecule has 0 aliphatic carbocycles. The summed E-state index contributed by atoms with van der Waals surface area (Å²) in [6.45, 7) is -1.91. The number of ether oxygens (including phenoxy) is 5. The maximum Gasteiger partial charge on any atom is 0.397 e. The number of carboxylic acids is 1. The van der Waals surface area contributed by atoms with E-state index in [0.717, 1.165) is 0 Å². The van der Waals surface area contributed by atoms with Gasteiger partial charge in [-0.05, 0) is 0 Å². The first-order valence-corrected chi connectivity index (χ1v) is 15.6. The maximum absolute atomic E-state index is 12.3. The Labute approximate surface area is 271 Å². The van der Waals surface area contributed by atoms with Gasteiger partial charge in [0.25, 0.3) is 0 Å². The molecule has 6 unspecified atom stereocenters. The van der Waals surface area contributed by atoms with E-state index < -0.39 is 122 Å². The fourth-order valence-corrected chi connectivity index (χ4v) is 6.07. The van der Waals surface area contributed by atoms with Gasteiger partial charge in [0.2, 0.25) is 0 Å². The van der Waals surface area contributed by atoms with Crippen LogP contribution in [0.25, 0.3) is 0 Å². The third-order valence-corrected chi connectivity index (χ3v) is 8.29. The molecule has 3 aliphatic heterocycles. The van der Waals surface area contributed by atoms with Crippen molar-refractivity contribution in [3.05, 3.63) is 0 Å². The van der Waals surface area contributed by atoms with Crippen molar-refractivity contribution in [3.63, 3.8) is 0 Å². The molecule has 15 atom stereocenters. The van der Waals surface area contributed by atoms with Crippen LogP contribution in [-0.4, -0.2) is 176 Å². The van der Waals surface area contributed by atoms with Gasteiger partial charge >= 0.3 is 16.4 Å². The number of aliphatic hydroxyl groups is 7. The first-order valence-electron chi connectivity index (χ1n) is 12.7. The van der Waals surface area contributed by atoms with Gasteiger partial charge in [-0.3, -0.25) is 4.55 Å². The SMILES string of the molecule is O=C(O)C1O[C@@H](O[C@H]2C(CO)O[C@@H](O)C(NSOOO)[C@H]2O)C(OS(=O)(=O)O)[C@@H](O)[C@H]1O[C@@H]1OC(CO)[C@H](O)[C@H](O)C1NSOOO. The zero-order valence-corrected chi connectivity index (χ0v) is 25.5. The molecular formula is C18H32N2O24S3. The van der Waals surface area contributed by atoms with E-state index in [1.165, 1.54) is 0 Å². The van der Waals surface area contributed by atoms with Crippen molar-refractivity contribution in [2.24, 2.45) is 0 Å². The predicted molar refractivity (Wildman–Crippen MR) is 139 cm³/mol. The molecule has 29 heteroatoms. The number of nitrogens with one attached hydrogen (secondary N) is 2. The lowest BCUT2D eigenvalue weighted by Gasteiger charge is -2.48. The lowest BCUT2D eigenvalue weighted by atomic mass is 9.95. The van der Waals surface area contributed by atoms with Crippen LogP contribution in [0.15, 0.2) is 0 Å². The fraction of sp³-hybridized carbons (Fsp3) is 0.944. The monoisotopic (exact) mass is 756 g/mol. The Hall–Kier alpha value is -0.760. The molecule has 0 aromatic carbocycles. The average molecular weight is 757 g/mol. The quantitative estimate of drug-likeness (QED) is 0.0164. The second kappa shape index (κ2) is 18.5. The molecule has 3 aliphatic rings. The third-order valence-electron chi connectivity index (χ3n) is 6.83. The Morgan fingerprint density at radius 2 is 1.30 bits per heavy atom. The van der Waals surface area contributed by atoms with Gasteiger partial charge in [0.1, 0.15) is 73.3 Å². The van der Waals surface area contributed by atoms with Gasteiger partial charge in [-0.15, -0.1) is 8.67 Å². The minimum atomic E-state index is -5.53. The molecule has 3 heterocycles. The lowest BCUT2D eigenvalue weighted by Crippen LogP contribution is -2.69. The van der Waals surface area contributed by atoms with Crippen LogP contribution >= 0.6 is 24.5 Å². The average Bonchev–Trinajstić information content (AvgIpc) is 3.01. The Morgan fingerprint density at radius 3 is 1.83 bits per heavy atom. The summed E-state index contributed by atoms with van der Waals surface area (Å²) < 4.78 is 77.1. The molecule has 0 bridgehead atoms. The van der Waals surface area contributed by atoms with Crippen LogP contribution in [-0.2, 0) is 61.8 Å². The van der Waals surface area contributed by atoms with Crippen molar-refractivity contribution in [2.75, 3.05) is 13.2 Å². The number of aliphatic hydroxyl groups excluding tert-OH is 7. The second-order valence-electron chi connectivity index (χ2n) is 9.63. The van der Waals surface area contributed by atoms with Crippen LogP contribution in [0.2, 0.25) is 0 Å². The van der Waals surface area contributed by atoms with Crippen LogP contribution in [0.5, 0.6) is 0 Å². The summed E-state index contributed by atoms with van der Waals surface area (Å²) in [5.41, 5.74) is 0. The van der Waals surface area contributed by atoms with Crippen LogP contribution in [0.3, 0.4) is 0 Å². The van der Waals surface area contributed by atoms with Crippen molar-refractivity contribution >= 4 is 40.8 Å². The summed E-state index contributed by atoms with van der Waals surface area (Å²) in [5.74, 6) is -1.91. The molecule has 0 amide bonds. The van der Waals surface area contributed by atoms with Gasteiger partial charge in [0, 0.05) is 0 Å². The van der Waals surface area contributed by atoms with Crippen LogP contribution in [0, 0.1) is 0 Å². The highest BCUT2D eigenvalue weighted by Gasteiger charge is 2.57. The van der Waals surface area contributed by atoms with Crippen LogP contribution in [0.1, 0.15) is 0 Å². The Morgan fingerprint density at radius 1 is 0.723 bits per heavy atom. The molecule has 276 valence electrons. The van der Waals surface area contributed by atoms with E-state index in [9.17, 15) is 58.6 Å². The predicted octanol–water partition coefficient (Wildman–Crippen LogP) is -6.49. The lowest BCUT2D eigenvalue weighted by molar-refractivity contribution is -0.432. The summed E-state index contributed by atoms with van der Waals surface area (Å²) in [5, 5.41) is 106. The minimum absolute atomic E-state index is 0.0946. The smallest absolute Gasteiger partial charge is 0.397 e. The summed E-state index contributed by atoms with van der Waals surface area (Å²) in [4.78, 5) is 12.3. The highest BCUT2D eigenvalue weighted by atomic mass is 32.3. The Kier molecular flexibility index (Phi) is 16.0. The zero-order valence-electron chi connectivity index (χ0n) is 23.0. The van der Waals surface area contributed by atoms with E-state index in [1.54, 1.807) is 0 Å². The molecule has 3 rings (SSSR count). The Balaban J connectivity index is 1.94. The molecule has 0 radical (unpaired) electrons. The molecular weight excluding hydrogens is 724 g/mol. The number of rotatable bonds is 17. The number of hydrogen-bond acceptors (Lipinski definition) is 26. The zero-order chi connectivity index (χ0) is 35.1. The van der Waals surface area contributed by atoms with Gasteiger partial charge in [0.05, 0.1) is 25.3 Å². The van der Waals surface area contributed by atoms with E-state index >= 15 is 0 Å². The van der Waals surface area contributed by atoms with E-state index in [-0.39, 0.29) is 24.5 Å². The molecule has 3 saturated heterocycles. The van der Waals surface area contributed by atoms with Gasteiger partial charge in [0.15, 0.2) is 31.1 Å². The van der Waals surface area contributed by atoms with E-state index in [4.69, 9.17) is 34.2 Å². The minimum Gasteiger partial charge on any atom is -0.479 e. The Bertz CT molecular complexity index is 1080. The van der Waals surface area contributed by atoms with Crippen molar-refractivity contribution < 1.29 is 116 Å². The normalized spacial score (nSPS) is 41.5.